The van der Waals surface area contributed by atoms with Gasteiger partial charge in [0.1, 0.15) is 5.78 Å². The van der Waals surface area contributed by atoms with Crippen molar-refractivity contribution in [3.63, 3.8) is 0 Å². The molecule has 2 fully saturated rings. The van der Waals surface area contributed by atoms with Crippen molar-refractivity contribution >= 4 is 11.7 Å². The van der Waals surface area contributed by atoms with Crippen LogP contribution in [0.2, 0.25) is 0 Å². The zero-order valence-electron chi connectivity index (χ0n) is 17.5. The van der Waals surface area contributed by atoms with Crippen LogP contribution >= 0.6 is 0 Å². The molecule has 162 valence electrons. The number of nitrogens with one attached hydrogen (secondary N) is 1. The van der Waals surface area contributed by atoms with E-state index < -0.39 is 0 Å². The summed E-state index contributed by atoms with van der Waals surface area (Å²) in [5, 5.41) is 3.01. The van der Waals surface area contributed by atoms with Gasteiger partial charge >= 0.3 is 0 Å². The van der Waals surface area contributed by atoms with Gasteiger partial charge in [0.25, 0.3) is 0 Å². The molecule has 2 heterocycles. The van der Waals surface area contributed by atoms with Crippen LogP contribution in [0.1, 0.15) is 51.4 Å². The summed E-state index contributed by atoms with van der Waals surface area (Å²) in [6, 6.07) is 0. The zero-order valence-corrected chi connectivity index (χ0v) is 17.5. The lowest BCUT2D eigenvalue weighted by Crippen LogP contribution is -2.38. The van der Waals surface area contributed by atoms with Gasteiger partial charge in [0.05, 0.1) is 26.4 Å². The van der Waals surface area contributed by atoms with E-state index in [2.05, 4.69) is 15.1 Å². The van der Waals surface area contributed by atoms with E-state index >= 15 is 0 Å². The van der Waals surface area contributed by atoms with E-state index in [9.17, 15) is 9.59 Å². The van der Waals surface area contributed by atoms with Gasteiger partial charge in [-0.15, -0.1) is 0 Å². The summed E-state index contributed by atoms with van der Waals surface area (Å²) in [4.78, 5) is 28.4. The average molecular weight is 398 g/mol. The Kier molecular flexibility index (Phi) is 12.4. The van der Waals surface area contributed by atoms with E-state index in [1.807, 2.05) is 0 Å². The standard InChI is InChI=1S/C21H39N3O4/c25-20(7-10-23-12-16-27-17-13-23)6-4-2-1-3-5-9-22-21(26)8-11-24-14-18-28-19-15-24/h1-19H2,(H,22,26). The van der Waals surface area contributed by atoms with E-state index in [-0.39, 0.29) is 5.91 Å². The fourth-order valence-electron chi connectivity index (χ4n) is 3.61. The minimum atomic E-state index is 0.150. The van der Waals surface area contributed by atoms with Gasteiger partial charge in [-0.25, -0.2) is 0 Å². The highest BCUT2D eigenvalue weighted by molar-refractivity contribution is 5.78. The second kappa shape index (κ2) is 14.9. The number of ketones is 1. The van der Waals surface area contributed by atoms with Gasteiger partial charge in [-0.05, 0) is 12.8 Å². The molecular formula is C21H39N3O4. The molecular weight excluding hydrogens is 358 g/mol. The molecule has 1 N–H and O–H groups in total. The number of Topliss-reactive ketones (excluding diaryl/α,β-unsaturated/α-hetero) is 1. The molecule has 1 amide bonds. The Labute approximate surface area is 170 Å². The Bertz CT molecular complexity index is 395. The van der Waals surface area contributed by atoms with Gasteiger partial charge in [-0.1, -0.05) is 19.3 Å². The van der Waals surface area contributed by atoms with Crippen molar-refractivity contribution in [3.05, 3.63) is 0 Å². The molecule has 2 aliphatic heterocycles. The van der Waals surface area contributed by atoms with Crippen molar-refractivity contribution in [1.29, 1.82) is 0 Å². The summed E-state index contributed by atoms with van der Waals surface area (Å²) >= 11 is 0. The highest BCUT2D eigenvalue weighted by Crippen LogP contribution is 2.08. The van der Waals surface area contributed by atoms with Crippen LogP contribution < -0.4 is 5.32 Å². The predicted molar refractivity (Wildman–Crippen MR) is 109 cm³/mol. The van der Waals surface area contributed by atoms with Crippen molar-refractivity contribution < 1.29 is 19.1 Å². The van der Waals surface area contributed by atoms with Gasteiger partial charge in [-0.2, -0.15) is 0 Å². The molecule has 0 aromatic rings. The monoisotopic (exact) mass is 397 g/mol. The van der Waals surface area contributed by atoms with Crippen LogP contribution in [0.4, 0.5) is 0 Å². The number of ether oxygens (including phenoxy) is 2. The number of amides is 1. The van der Waals surface area contributed by atoms with E-state index in [1.54, 1.807) is 0 Å². The van der Waals surface area contributed by atoms with Crippen LogP contribution in [0.3, 0.4) is 0 Å². The normalized spacial score (nSPS) is 18.9. The fourth-order valence-corrected chi connectivity index (χ4v) is 3.61. The lowest BCUT2D eigenvalue weighted by atomic mass is 10.1. The summed E-state index contributed by atoms with van der Waals surface area (Å²) in [6.07, 6.45) is 7.34. The van der Waals surface area contributed by atoms with Crippen LogP contribution in [0.5, 0.6) is 0 Å². The third-order valence-electron chi connectivity index (χ3n) is 5.52. The fraction of sp³-hybridized carbons (Fsp3) is 0.905. The van der Waals surface area contributed by atoms with Crippen LogP contribution in [-0.4, -0.2) is 93.7 Å². The molecule has 28 heavy (non-hydrogen) atoms. The number of unbranched alkanes of at least 4 members (excludes halogenated alkanes) is 4. The van der Waals surface area contributed by atoms with Gasteiger partial charge in [-0.3, -0.25) is 19.4 Å². The summed E-state index contributed by atoms with van der Waals surface area (Å²) in [6.45, 7) is 9.40. The molecule has 2 saturated heterocycles. The quantitative estimate of drug-likeness (QED) is 0.448. The molecule has 7 nitrogen and oxygen atoms in total. The van der Waals surface area contributed by atoms with E-state index in [4.69, 9.17) is 9.47 Å². The first-order valence-electron chi connectivity index (χ1n) is 11.1. The minimum Gasteiger partial charge on any atom is -0.379 e. The lowest BCUT2D eigenvalue weighted by molar-refractivity contribution is -0.122. The third-order valence-corrected chi connectivity index (χ3v) is 5.52. The summed E-state index contributed by atoms with van der Waals surface area (Å²) in [5.74, 6) is 0.538. The van der Waals surface area contributed by atoms with Crippen molar-refractivity contribution in [1.82, 2.24) is 15.1 Å². The molecule has 0 radical (unpaired) electrons. The maximum atomic E-state index is 12.0. The highest BCUT2D eigenvalue weighted by Gasteiger charge is 2.12. The molecule has 0 aromatic carbocycles. The maximum Gasteiger partial charge on any atom is 0.221 e. The molecule has 2 aliphatic rings. The molecule has 7 heteroatoms. The number of rotatable bonds is 14. The first-order valence-corrected chi connectivity index (χ1v) is 11.1. The van der Waals surface area contributed by atoms with E-state index in [0.717, 1.165) is 104 Å². The second-order valence-electron chi connectivity index (χ2n) is 7.81. The Morgan fingerprint density at radius 3 is 1.86 bits per heavy atom. The van der Waals surface area contributed by atoms with Crippen molar-refractivity contribution in [2.45, 2.75) is 51.4 Å². The SMILES string of the molecule is O=C(CCCCCCCNC(=O)CCN1CCOCC1)CCN1CCOCC1. The molecule has 0 atom stereocenters. The van der Waals surface area contributed by atoms with Gasteiger partial charge < -0.3 is 14.8 Å². The summed E-state index contributed by atoms with van der Waals surface area (Å²) < 4.78 is 10.6. The largest absolute Gasteiger partial charge is 0.379 e. The molecule has 0 aromatic heterocycles. The van der Waals surface area contributed by atoms with Crippen LogP contribution in [-0.2, 0) is 19.1 Å². The van der Waals surface area contributed by atoms with Crippen LogP contribution in [0.15, 0.2) is 0 Å². The molecule has 0 unspecified atom stereocenters. The highest BCUT2D eigenvalue weighted by atomic mass is 16.5. The Hall–Kier alpha value is -1.02. The smallest absolute Gasteiger partial charge is 0.221 e. The number of carbonyl (C=O) groups excluding carboxylic acids is 2. The third kappa shape index (κ3) is 11.1. The number of hydrogen-bond acceptors (Lipinski definition) is 6. The zero-order chi connectivity index (χ0) is 19.9. The van der Waals surface area contributed by atoms with E-state index in [0.29, 0.717) is 25.0 Å². The lowest BCUT2D eigenvalue weighted by Gasteiger charge is -2.26. The van der Waals surface area contributed by atoms with Gasteiger partial charge in [0.15, 0.2) is 0 Å². The Balaban J connectivity index is 1.33. The topological polar surface area (TPSA) is 71.1 Å². The maximum absolute atomic E-state index is 12.0. The van der Waals surface area contributed by atoms with Crippen molar-refractivity contribution in [2.24, 2.45) is 0 Å². The van der Waals surface area contributed by atoms with Crippen molar-refractivity contribution in [2.75, 3.05) is 72.2 Å². The summed E-state index contributed by atoms with van der Waals surface area (Å²) in [5.41, 5.74) is 0. The summed E-state index contributed by atoms with van der Waals surface area (Å²) in [7, 11) is 0. The average Bonchev–Trinajstić information content (AvgIpc) is 2.74. The van der Waals surface area contributed by atoms with E-state index in [1.165, 1.54) is 0 Å². The first kappa shape index (κ1) is 23.3. The molecule has 0 spiro atoms. The first-order chi connectivity index (χ1) is 13.7. The number of nitrogens with zero attached hydrogens (tertiary/aromatic N) is 2. The predicted octanol–water partition coefficient (Wildman–Crippen LogP) is 1.46. The van der Waals surface area contributed by atoms with Gasteiger partial charge in [0.2, 0.25) is 5.91 Å². The minimum absolute atomic E-state index is 0.150. The Morgan fingerprint density at radius 1 is 0.679 bits per heavy atom. The number of hydrogen-bond donors (Lipinski definition) is 1. The van der Waals surface area contributed by atoms with Gasteiger partial charge in [0, 0.05) is 65.1 Å². The molecule has 0 saturated carbocycles. The van der Waals surface area contributed by atoms with Crippen LogP contribution in [0, 0.1) is 0 Å². The van der Waals surface area contributed by atoms with Crippen LogP contribution in [0.25, 0.3) is 0 Å². The molecule has 2 rings (SSSR count). The number of carbonyl (C=O) groups is 2. The second-order valence-corrected chi connectivity index (χ2v) is 7.81. The molecule has 0 aliphatic carbocycles. The molecule has 0 bridgehead atoms. The van der Waals surface area contributed by atoms with Crippen molar-refractivity contribution in [3.8, 4) is 0 Å². The number of morpholine rings is 2. The Morgan fingerprint density at radius 2 is 1.21 bits per heavy atom.